The summed E-state index contributed by atoms with van der Waals surface area (Å²) in [4.78, 5) is 19.4. The Labute approximate surface area is 204 Å². The summed E-state index contributed by atoms with van der Waals surface area (Å²) in [6.45, 7) is 1.78. The van der Waals surface area contributed by atoms with Crippen LogP contribution >= 0.6 is 34.3 Å². The molecule has 0 spiro atoms. The molecular weight excluding hydrogens is 506 g/mol. The topological polar surface area (TPSA) is 89.0 Å². The van der Waals surface area contributed by atoms with E-state index in [9.17, 15) is 13.2 Å². The van der Waals surface area contributed by atoms with E-state index in [0.717, 1.165) is 32.4 Å². The van der Waals surface area contributed by atoms with Crippen molar-refractivity contribution in [1.82, 2.24) is 9.29 Å². The van der Waals surface area contributed by atoms with E-state index in [1.807, 2.05) is 18.2 Å². The Hall–Kier alpha value is -1.92. The Morgan fingerprint density at radius 1 is 1.15 bits per heavy atom. The molecule has 2 saturated heterocycles. The second kappa shape index (κ2) is 9.03. The molecule has 2 fully saturated rings. The van der Waals surface area contributed by atoms with Crippen molar-refractivity contribution in [2.75, 3.05) is 38.2 Å². The van der Waals surface area contributed by atoms with Crippen molar-refractivity contribution in [2.45, 2.75) is 23.2 Å². The number of nitrogens with zero attached hydrogens (tertiary/aromatic N) is 3. The molecule has 4 heterocycles. The van der Waals surface area contributed by atoms with Gasteiger partial charge in [0.05, 0.1) is 35.2 Å². The summed E-state index contributed by atoms with van der Waals surface area (Å²) in [6, 6.07) is 8.94. The van der Waals surface area contributed by atoms with Gasteiger partial charge >= 0.3 is 5.97 Å². The monoisotopic (exact) mass is 527 g/mol. The molecule has 0 unspecified atom stereocenters. The lowest BCUT2D eigenvalue weighted by molar-refractivity contribution is -0.156. The molecule has 2 aliphatic heterocycles. The van der Waals surface area contributed by atoms with Crippen LogP contribution in [0.4, 0.5) is 5.13 Å². The van der Waals surface area contributed by atoms with E-state index in [1.54, 1.807) is 24.5 Å². The third-order valence-electron chi connectivity index (χ3n) is 5.92. The van der Waals surface area contributed by atoms with Gasteiger partial charge in [-0.05, 0) is 37.1 Å². The number of carbonyl (C=O) groups is 1. The quantitative estimate of drug-likeness (QED) is 0.450. The molecule has 176 valence electrons. The zero-order valence-electron chi connectivity index (χ0n) is 17.8. The zero-order chi connectivity index (χ0) is 23.2. The van der Waals surface area contributed by atoms with Gasteiger partial charge in [0, 0.05) is 13.1 Å². The summed E-state index contributed by atoms with van der Waals surface area (Å²) >= 11 is 8.51. The van der Waals surface area contributed by atoms with Gasteiger partial charge in [0.15, 0.2) is 5.13 Å². The number of sulfonamides is 1. The number of piperidine rings is 1. The Balaban J connectivity index is 1.13. The van der Waals surface area contributed by atoms with Crippen LogP contribution in [0.25, 0.3) is 10.2 Å². The summed E-state index contributed by atoms with van der Waals surface area (Å²) in [7, 11) is -1.94. The van der Waals surface area contributed by atoms with E-state index in [0.29, 0.717) is 43.4 Å². The summed E-state index contributed by atoms with van der Waals surface area (Å²) in [5, 5.41) is 0.883. The highest BCUT2D eigenvalue weighted by Crippen LogP contribution is 2.36. The lowest BCUT2D eigenvalue weighted by Gasteiger charge is -2.39. The van der Waals surface area contributed by atoms with Crippen molar-refractivity contribution in [3.05, 3.63) is 34.7 Å². The fourth-order valence-electron chi connectivity index (χ4n) is 4.04. The number of ether oxygens (including phenoxy) is 2. The van der Waals surface area contributed by atoms with Crippen LogP contribution in [0.2, 0.25) is 4.34 Å². The number of rotatable bonds is 6. The predicted octanol–water partition coefficient (Wildman–Crippen LogP) is 3.85. The second-order valence-corrected chi connectivity index (χ2v) is 12.9. The molecule has 5 rings (SSSR count). The van der Waals surface area contributed by atoms with E-state index < -0.39 is 10.0 Å². The van der Waals surface area contributed by atoms with Gasteiger partial charge in [0.2, 0.25) is 0 Å². The number of hydrogen-bond acceptors (Lipinski definition) is 9. The molecule has 12 heteroatoms. The Morgan fingerprint density at radius 3 is 2.58 bits per heavy atom. The molecule has 0 radical (unpaired) electrons. The van der Waals surface area contributed by atoms with Crippen LogP contribution in [0.3, 0.4) is 0 Å². The molecule has 0 aliphatic carbocycles. The van der Waals surface area contributed by atoms with Crippen molar-refractivity contribution >= 4 is 65.6 Å². The summed E-state index contributed by atoms with van der Waals surface area (Å²) in [6.07, 6.45) is 0.720. The predicted molar refractivity (Wildman–Crippen MR) is 129 cm³/mol. The van der Waals surface area contributed by atoms with E-state index in [2.05, 4.69) is 9.88 Å². The van der Waals surface area contributed by atoms with Crippen LogP contribution in [0.5, 0.6) is 5.75 Å². The zero-order valence-corrected chi connectivity index (χ0v) is 21.0. The van der Waals surface area contributed by atoms with Crippen LogP contribution < -0.4 is 9.64 Å². The maximum Gasteiger partial charge on any atom is 0.309 e. The molecule has 3 aromatic rings. The first kappa shape index (κ1) is 22.9. The van der Waals surface area contributed by atoms with E-state index >= 15 is 0 Å². The third-order valence-corrected chi connectivity index (χ3v) is 10.6. The molecule has 2 aromatic heterocycles. The maximum atomic E-state index is 12.7. The van der Waals surface area contributed by atoms with Gasteiger partial charge in [0.25, 0.3) is 10.0 Å². The fourth-order valence-corrected chi connectivity index (χ4v) is 8.14. The minimum atomic E-state index is -3.57. The Morgan fingerprint density at radius 2 is 1.91 bits per heavy atom. The van der Waals surface area contributed by atoms with E-state index in [1.165, 1.54) is 10.4 Å². The average molecular weight is 528 g/mol. The van der Waals surface area contributed by atoms with Crippen LogP contribution in [0.1, 0.15) is 12.8 Å². The highest BCUT2D eigenvalue weighted by molar-refractivity contribution is 7.91. The molecular formula is C21H22ClN3O5S3. The standard InChI is InChI=1S/C21H22ClN3O5S3/c1-29-15-3-2-4-16-19(15)23-21(31-16)24-11-14(12-24)30-20(26)13-7-9-25(10-8-13)33(27,28)18-6-5-17(22)32-18/h2-6,13-14H,7-12H2,1H3. The van der Waals surface area contributed by atoms with Gasteiger partial charge in [-0.25, -0.2) is 13.4 Å². The number of aromatic nitrogens is 1. The number of esters is 1. The first-order valence-corrected chi connectivity index (χ1v) is 13.9. The molecule has 33 heavy (non-hydrogen) atoms. The van der Waals surface area contributed by atoms with Crippen LogP contribution in [0.15, 0.2) is 34.5 Å². The lowest BCUT2D eigenvalue weighted by atomic mass is 9.98. The molecule has 8 nitrogen and oxygen atoms in total. The van der Waals surface area contributed by atoms with Crippen molar-refractivity contribution < 1.29 is 22.7 Å². The number of anilines is 1. The third kappa shape index (κ3) is 4.44. The first-order valence-electron chi connectivity index (χ1n) is 10.5. The van der Waals surface area contributed by atoms with Crippen molar-refractivity contribution in [3.8, 4) is 5.75 Å². The van der Waals surface area contributed by atoms with Crippen molar-refractivity contribution in [2.24, 2.45) is 5.92 Å². The highest BCUT2D eigenvalue weighted by Gasteiger charge is 2.37. The van der Waals surface area contributed by atoms with Crippen LogP contribution in [-0.2, 0) is 19.6 Å². The van der Waals surface area contributed by atoms with E-state index in [-0.39, 0.29) is 22.2 Å². The number of para-hydroxylation sites is 1. The molecule has 0 atom stereocenters. The number of hydrogen-bond donors (Lipinski definition) is 0. The second-order valence-electron chi connectivity index (χ2n) is 8.00. The van der Waals surface area contributed by atoms with Gasteiger partial charge in [0.1, 0.15) is 21.6 Å². The first-order chi connectivity index (χ1) is 15.8. The smallest absolute Gasteiger partial charge is 0.309 e. The van der Waals surface area contributed by atoms with Gasteiger partial charge < -0.3 is 14.4 Å². The SMILES string of the molecule is COc1cccc2sc(N3CC(OC(=O)C4CCN(S(=O)(=O)c5ccc(Cl)s5)CC4)C3)nc12. The molecule has 0 N–H and O–H groups in total. The number of halogens is 1. The number of thiophene rings is 1. The largest absolute Gasteiger partial charge is 0.494 e. The number of carbonyl (C=O) groups excluding carboxylic acids is 1. The van der Waals surface area contributed by atoms with Gasteiger partial charge in [-0.15, -0.1) is 11.3 Å². The van der Waals surface area contributed by atoms with Gasteiger partial charge in [-0.1, -0.05) is 29.0 Å². The van der Waals surface area contributed by atoms with Crippen LogP contribution in [-0.4, -0.2) is 63.1 Å². The van der Waals surface area contributed by atoms with Crippen molar-refractivity contribution in [3.63, 3.8) is 0 Å². The normalized spacial score (nSPS) is 18.4. The number of benzene rings is 1. The molecule has 0 amide bonds. The lowest BCUT2D eigenvalue weighted by Crippen LogP contribution is -2.54. The van der Waals surface area contributed by atoms with Crippen LogP contribution in [0, 0.1) is 5.92 Å². The van der Waals surface area contributed by atoms with E-state index in [4.69, 9.17) is 21.1 Å². The Bertz CT molecular complexity index is 1280. The molecule has 2 aliphatic rings. The summed E-state index contributed by atoms with van der Waals surface area (Å²) in [5.41, 5.74) is 0.840. The van der Waals surface area contributed by atoms with Gasteiger partial charge in [-0.2, -0.15) is 4.31 Å². The fraction of sp³-hybridized carbons (Fsp3) is 0.429. The van der Waals surface area contributed by atoms with Crippen molar-refractivity contribution in [1.29, 1.82) is 0 Å². The minimum absolute atomic E-state index is 0.179. The summed E-state index contributed by atoms with van der Waals surface area (Å²) < 4.78 is 39.7. The average Bonchev–Trinajstić information content (AvgIpc) is 3.42. The minimum Gasteiger partial charge on any atom is -0.494 e. The highest BCUT2D eigenvalue weighted by atomic mass is 35.5. The number of methoxy groups -OCH3 is 1. The molecule has 1 aromatic carbocycles. The number of thiazole rings is 1. The maximum absolute atomic E-state index is 12.7. The van der Waals surface area contributed by atoms with Gasteiger partial charge in [-0.3, -0.25) is 4.79 Å². The Kier molecular flexibility index (Phi) is 6.25. The molecule has 0 saturated carbocycles. The molecule has 0 bridgehead atoms. The number of fused-ring (bicyclic) bond motifs is 1. The summed E-state index contributed by atoms with van der Waals surface area (Å²) in [5.74, 6) is 0.208.